The van der Waals surface area contributed by atoms with Crippen LogP contribution >= 0.6 is 0 Å². The summed E-state index contributed by atoms with van der Waals surface area (Å²) >= 11 is 0. The van der Waals surface area contributed by atoms with E-state index in [1.54, 1.807) is 6.33 Å². The number of nitrogens with one attached hydrogen (secondary N) is 1. The average molecular weight is 266 g/mol. The number of aromatic nitrogens is 3. The molecule has 5 nitrogen and oxygen atoms in total. The minimum atomic E-state index is 0.266. The van der Waals surface area contributed by atoms with E-state index in [0.29, 0.717) is 12.0 Å². The van der Waals surface area contributed by atoms with E-state index in [1.807, 2.05) is 25.9 Å². The number of likely N-dealkylation sites (N-methyl/N-ethyl adjacent to an activating group) is 1. The molecule has 2 unspecified atom stereocenters. The normalized spacial score (nSPS) is 20.4. The topological polar surface area (TPSA) is 52.0 Å². The van der Waals surface area contributed by atoms with E-state index < -0.39 is 0 Å². The zero-order valence-corrected chi connectivity index (χ0v) is 12.3. The lowest BCUT2D eigenvalue weighted by Gasteiger charge is -2.34. The molecule has 0 bridgehead atoms. The number of aryl methyl sites for hydroxylation is 1. The molecule has 0 amide bonds. The summed E-state index contributed by atoms with van der Waals surface area (Å²) in [5.41, 5.74) is 0. The zero-order valence-electron chi connectivity index (χ0n) is 12.3. The second-order valence-corrected chi connectivity index (χ2v) is 5.50. The Balaban J connectivity index is 2.03. The van der Waals surface area contributed by atoms with Gasteiger partial charge in [-0.05, 0) is 25.8 Å². The molecule has 0 radical (unpaired) electrons. The molecule has 2 atom stereocenters. The van der Waals surface area contributed by atoms with Crippen LogP contribution in [0.1, 0.15) is 37.9 Å². The van der Waals surface area contributed by atoms with Crippen molar-refractivity contribution in [3.8, 4) is 0 Å². The average Bonchev–Trinajstić information content (AvgIpc) is 2.85. The van der Waals surface area contributed by atoms with E-state index in [9.17, 15) is 0 Å². The van der Waals surface area contributed by atoms with E-state index in [1.165, 1.54) is 32.1 Å². The van der Waals surface area contributed by atoms with Crippen molar-refractivity contribution >= 4 is 0 Å². The Kier molecular flexibility index (Phi) is 5.34. The molecule has 0 saturated heterocycles. The standard InChI is InChI=1S/C14H26N4O/c1-15-12(9-13-16-10-17-18(13)2)14(19-3)11-7-5-4-6-8-11/h10-12,14-15H,4-9H2,1-3H3. The van der Waals surface area contributed by atoms with Crippen molar-refractivity contribution in [3.05, 3.63) is 12.2 Å². The van der Waals surface area contributed by atoms with Crippen LogP contribution in [0.5, 0.6) is 0 Å². The molecule has 0 aromatic carbocycles. The SMILES string of the molecule is CNC(Cc1ncnn1C)C(OC)C1CCCCC1. The van der Waals surface area contributed by atoms with Gasteiger partial charge in [0, 0.05) is 26.6 Å². The van der Waals surface area contributed by atoms with Crippen LogP contribution in [0.3, 0.4) is 0 Å². The zero-order chi connectivity index (χ0) is 13.7. The molecule has 1 N–H and O–H groups in total. The molecule has 1 heterocycles. The van der Waals surface area contributed by atoms with Gasteiger partial charge in [-0.3, -0.25) is 4.68 Å². The molecule has 108 valence electrons. The number of nitrogens with zero attached hydrogens (tertiary/aromatic N) is 3. The lowest BCUT2D eigenvalue weighted by atomic mass is 9.82. The molecule has 2 rings (SSSR count). The van der Waals surface area contributed by atoms with Crippen LogP contribution in [-0.2, 0) is 18.2 Å². The summed E-state index contributed by atoms with van der Waals surface area (Å²) in [5.74, 6) is 1.68. The quantitative estimate of drug-likeness (QED) is 0.848. The van der Waals surface area contributed by atoms with E-state index >= 15 is 0 Å². The summed E-state index contributed by atoms with van der Waals surface area (Å²) in [6.45, 7) is 0. The van der Waals surface area contributed by atoms with Crippen molar-refractivity contribution in [1.29, 1.82) is 0 Å². The van der Waals surface area contributed by atoms with Crippen LogP contribution in [0, 0.1) is 5.92 Å². The Labute approximate surface area is 115 Å². The van der Waals surface area contributed by atoms with Gasteiger partial charge < -0.3 is 10.1 Å². The van der Waals surface area contributed by atoms with Crippen molar-refractivity contribution < 1.29 is 4.74 Å². The Morgan fingerprint density at radius 1 is 1.42 bits per heavy atom. The summed E-state index contributed by atoms with van der Waals surface area (Å²) in [6, 6.07) is 0.302. The molecule has 1 aliphatic carbocycles. The largest absolute Gasteiger partial charge is 0.380 e. The molecule has 0 spiro atoms. The van der Waals surface area contributed by atoms with Crippen LogP contribution in [0.15, 0.2) is 6.33 Å². The maximum absolute atomic E-state index is 5.81. The smallest absolute Gasteiger partial charge is 0.138 e. The molecular formula is C14H26N4O. The summed E-state index contributed by atoms with van der Waals surface area (Å²) in [4.78, 5) is 4.32. The summed E-state index contributed by atoms with van der Waals surface area (Å²) in [5, 5.41) is 7.55. The second-order valence-electron chi connectivity index (χ2n) is 5.50. The van der Waals surface area contributed by atoms with Crippen LogP contribution in [0.25, 0.3) is 0 Å². The van der Waals surface area contributed by atoms with Crippen molar-refractivity contribution in [2.24, 2.45) is 13.0 Å². The predicted octanol–water partition coefficient (Wildman–Crippen LogP) is 1.54. The third kappa shape index (κ3) is 3.54. The molecule has 1 fully saturated rings. The summed E-state index contributed by atoms with van der Waals surface area (Å²) in [7, 11) is 5.79. The third-order valence-electron chi connectivity index (χ3n) is 4.36. The van der Waals surface area contributed by atoms with Gasteiger partial charge in [0.1, 0.15) is 12.2 Å². The number of methoxy groups -OCH3 is 1. The van der Waals surface area contributed by atoms with E-state index in [-0.39, 0.29) is 6.10 Å². The number of hydrogen-bond donors (Lipinski definition) is 1. The maximum atomic E-state index is 5.81. The molecule has 1 aliphatic rings. The first kappa shape index (κ1) is 14.5. The van der Waals surface area contributed by atoms with Crippen LogP contribution in [0.4, 0.5) is 0 Å². The van der Waals surface area contributed by atoms with Crippen molar-refractivity contribution in [1.82, 2.24) is 20.1 Å². The first-order chi connectivity index (χ1) is 9.26. The highest BCUT2D eigenvalue weighted by molar-refractivity contribution is 4.94. The summed E-state index contributed by atoms with van der Waals surface area (Å²) < 4.78 is 7.66. The highest BCUT2D eigenvalue weighted by Crippen LogP contribution is 2.29. The fourth-order valence-electron chi connectivity index (χ4n) is 3.23. The molecule has 19 heavy (non-hydrogen) atoms. The number of ether oxygens (including phenoxy) is 1. The maximum Gasteiger partial charge on any atom is 0.138 e. The Morgan fingerprint density at radius 2 is 2.16 bits per heavy atom. The molecule has 1 saturated carbocycles. The number of rotatable bonds is 6. The molecule has 1 aromatic heterocycles. The van der Waals surface area contributed by atoms with Gasteiger partial charge in [-0.1, -0.05) is 19.3 Å². The fraction of sp³-hybridized carbons (Fsp3) is 0.857. The lowest BCUT2D eigenvalue weighted by molar-refractivity contribution is 0.00951. The number of hydrogen-bond acceptors (Lipinski definition) is 4. The van der Waals surface area contributed by atoms with Gasteiger partial charge in [0.05, 0.1) is 6.10 Å². The molecule has 5 heteroatoms. The van der Waals surface area contributed by atoms with Crippen molar-refractivity contribution in [2.75, 3.05) is 14.2 Å². The minimum Gasteiger partial charge on any atom is -0.380 e. The molecule has 0 aliphatic heterocycles. The third-order valence-corrected chi connectivity index (χ3v) is 4.36. The van der Waals surface area contributed by atoms with Gasteiger partial charge in [-0.2, -0.15) is 5.10 Å². The lowest BCUT2D eigenvalue weighted by Crippen LogP contribution is -2.45. The van der Waals surface area contributed by atoms with Crippen molar-refractivity contribution in [3.63, 3.8) is 0 Å². The van der Waals surface area contributed by atoms with E-state index in [2.05, 4.69) is 15.4 Å². The van der Waals surface area contributed by atoms with Gasteiger partial charge in [0.15, 0.2) is 0 Å². The Hall–Kier alpha value is -0.940. The van der Waals surface area contributed by atoms with Gasteiger partial charge in [-0.25, -0.2) is 4.98 Å². The molecular weight excluding hydrogens is 240 g/mol. The predicted molar refractivity (Wildman–Crippen MR) is 74.9 cm³/mol. The monoisotopic (exact) mass is 266 g/mol. The highest BCUT2D eigenvalue weighted by atomic mass is 16.5. The first-order valence-electron chi connectivity index (χ1n) is 7.29. The summed E-state index contributed by atoms with van der Waals surface area (Å²) in [6.07, 6.45) is 9.37. The van der Waals surface area contributed by atoms with Crippen LogP contribution in [-0.4, -0.2) is 41.1 Å². The van der Waals surface area contributed by atoms with E-state index in [4.69, 9.17) is 4.74 Å². The van der Waals surface area contributed by atoms with Crippen LogP contribution < -0.4 is 5.32 Å². The first-order valence-corrected chi connectivity index (χ1v) is 7.29. The van der Waals surface area contributed by atoms with Gasteiger partial charge in [-0.15, -0.1) is 0 Å². The fourth-order valence-corrected chi connectivity index (χ4v) is 3.23. The van der Waals surface area contributed by atoms with Crippen LogP contribution in [0.2, 0.25) is 0 Å². The molecule has 1 aromatic rings. The van der Waals surface area contributed by atoms with Gasteiger partial charge >= 0.3 is 0 Å². The second kappa shape index (κ2) is 7.01. The minimum absolute atomic E-state index is 0.266. The highest BCUT2D eigenvalue weighted by Gasteiger charge is 2.30. The van der Waals surface area contributed by atoms with Crippen molar-refractivity contribution in [2.45, 2.75) is 50.7 Å². The Morgan fingerprint density at radius 3 is 2.68 bits per heavy atom. The van der Waals surface area contributed by atoms with E-state index in [0.717, 1.165) is 12.2 Å². The van der Waals surface area contributed by atoms with Gasteiger partial charge in [0.2, 0.25) is 0 Å². The Bertz CT molecular complexity index is 373. The van der Waals surface area contributed by atoms with Gasteiger partial charge in [0.25, 0.3) is 0 Å².